The van der Waals surface area contributed by atoms with E-state index in [2.05, 4.69) is 15.9 Å². The van der Waals surface area contributed by atoms with Crippen molar-refractivity contribution in [1.29, 1.82) is 0 Å². The predicted molar refractivity (Wildman–Crippen MR) is 97.4 cm³/mol. The molecule has 1 amide bonds. The van der Waals surface area contributed by atoms with Gasteiger partial charge >= 0.3 is 0 Å². The molecule has 0 saturated carbocycles. The number of carbonyl (C=O) groups is 1. The fourth-order valence-electron chi connectivity index (χ4n) is 2.88. The number of amides is 1. The lowest BCUT2D eigenvalue weighted by molar-refractivity contribution is 0.0753. The van der Waals surface area contributed by atoms with Crippen LogP contribution in [0.1, 0.15) is 22.8 Å². The summed E-state index contributed by atoms with van der Waals surface area (Å²) in [5.41, 5.74) is 2.15. The standard InChI is InChI=1S/C19H18BrFN2O/c1-3-23(11-13-10-14(20)8-9-17(13)21)19(24)16-12-22(2)18-7-5-4-6-15(16)18/h4-10,12H,3,11H2,1-2H3. The Morgan fingerprint density at radius 2 is 2.00 bits per heavy atom. The van der Waals surface area contributed by atoms with Gasteiger partial charge in [0.25, 0.3) is 5.91 Å². The Labute approximate surface area is 148 Å². The molecule has 0 N–H and O–H groups in total. The SMILES string of the molecule is CCN(Cc1cc(Br)ccc1F)C(=O)c1cn(C)c2ccccc12. The molecular weight excluding hydrogens is 371 g/mol. The number of carbonyl (C=O) groups excluding carboxylic acids is 1. The number of hydrogen-bond acceptors (Lipinski definition) is 1. The van der Waals surface area contributed by atoms with Crippen LogP contribution < -0.4 is 0 Å². The Morgan fingerprint density at radius 3 is 2.75 bits per heavy atom. The van der Waals surface area contributed by atoms with E-state index in [-0.39, 0.29) is 18.3 Å². The first-order chi connectivity index (χ1) is 11.5. The number of benzene rings is 2. The van der Waals surface area contributed by atoms with Crippen molar-refractivity contribution in [2.45, 2.75) is 13.5 Å². The lowest BCUT2D eigenvalue weighted by atomic mass is 10.1. The van der Waals surface area contributed by atoms with Crippen molar-refractivity contribution in [2.75, 3.05) is 6.54 Å². The van der Waals surface area contributed by atoms with Crippen LogP contribution in [-0.4, -0.2) is 21.9 Å². The van der Waals surface area contributed by atoms with E-state index in [0.29, 0.717) is 17.7 Å². The maximum atomic E-state index is 14.0. The number of halogens is 2. The number of aromatic nitrogens is 1. The Balaban J connectivity index is 1.95. The van der Waals surface area contributed by atoms with E-state index >= 15 is 0 Å². The maximum Gasteiger partial charge on any atom is 0.256 e. The molecule has 5 heteroatoms. The van der Waals surface area contributed by atoms with Crippen molar-refractivity contribution in [1.82, 2.24) is 9.47 Å². The van der Waals surface area contributed by atoms with Gasteiger partial charge in [-0.15, -0.1) is 0 Å². The first kappa shape index (κ1) is 16.7. The molecule has 0 aliphatic heterocycles. The highest BCUT2D eigenvalue weighted by Gasteiger charge is 2.20. The molecule has 0 aliphatic carbocycles. The first-order valence-electron chi connectivity index (χ1n) is 7.78. The van der Waals surface area contributed by atoms with Crippen LogP contribution in [0.4, 0.5) is 4.39 Å². The van der Waals surface area contributed by atoms with Crippen molar-refractivity contribution in [3.8, 4) is 0 Å². The van der Waals surface area contributed by atoms with E-state index in [9.17, 15) is 9.18 Å². The van der Waals surface area contributed by atoms with Gasteiger partial charge in [-0.25, -0.2) is 4.39 Å². The van der Waals surface area contributed by atoms with Crippen LogP contribution >= 0.6 is 15.9 Å². The van der Waals surface area contributed by atoms with Crippen LogP contribution in [0.2, 0.25) is 0 Å². The average Bonchev–Trinajstić information content (AvgIpc) is 2.92. The third kappa shape index (κ3) is 3.08. The number of hydrogen-bond donors (Lipinski definition) is 0. The van der Waals surface area contributed by atoms with Gasteiger partial charge in [-0.05, 0) is 31.2 Å². The summed E-state index contributed by atoms with van der Waals surface area (Å²) in [4.78, 5) is 14.6. The second-order valence-electron chi connectivity index (χ2n) is 5.73. The zero-order chi connectivity index (χ0) is 17.3. The summed E-state index contributed by atoms with van der Waals surface area (Å²) in [5.74, 6) is -0.393. The molecule has 1 aromatic heterocycles. The molecule has 0 radical (unpaired) electrons. The Bertz CT molecular complexity index is 904. The smallest absolute Gasteiger partial charge is 0.256 e. The van der Waals surface area contributed by atoms with Crippen molar-refractivity contribution in [3.05, 3.63) is 70.1 Å². The molecule has 0 saturated heterocycles. The number of fused-ring (bicyclic) bond motifs is 1. The summed E-state index contributed by atoms with van der Waals surface area (Å²) >= 11 is 3.35. The van der Waals surface area contributed by atoms with Crippen LogP contribution in [0.15, 0.2) is 53.1 Å². The largest absolute Gasteiger partial charge is 0.350 e. The van der Waals surface area contributed by atoms with Crippen molar-refractivity contribution < 1.29 is 9.18 Å². The fourth-order valence-corrected chi connectivity index (χ4v) is 3.29. The Morgan fingerprint density at radius 1 is 1.25 bits per heavy atom. The molecule has 0 aliphatic rings. The quantitative estimate of drug-likeness (QED) is 0.633. The average molecular weight is 389 g/mol. The van der Waals surface area contributed by atoms with Gasteiger partial charge in [-0.3, -0.25) is 4.79 Å². The molecule has 1 heterocycles. The minimum Gasteiger partial charge on any atom is -0.350 e. The van der Waals surface area contributed by atoms with Gasteiger partial charge in [0, 0.05) is 47.3 Å². The minimum atomic E-state index is -0.303. The highest BCUT2D eigenvalue weighted by Crippen LogP contribution is 2.23. The molecule has 124 valence electrons. The molecule has 0 fully saturated rings. The summed E-state index contributed by atoms with van der Waals surface area (Å²) in [6, 6.07) is 12.6. The van der Waals surface area contributed by atoms with Crippen LogP contribution in [0, 0.1) is 5.82 Å². The second-order valence-corrected chi connectivity index (χ2v) is 6.64. The molecule has 2 aromatic carbocycles. The predicted octanol–water partition coefficient (Wildman–Crippen LogP) is 4.74. The van der Waals surface area contributed by atoms with Crippen molar-refractivity contribution in [3.63, 3.8) is 0 Å². The number of para-hydroxylation sites is 1. The van der Waals surface area contributed by atoms with Gasteiger partial charge in [-0.2, -0.15) is 0 Å². The molecule has 24 heavy (non-hydrogen) atoms. The second kappa shape index (κ2) is 6.77. The van der Waals surface area contributed by atoms with E-state index < -0.39 is 0 Å². The lowest BCUT2D eigenvalue weighted by Crippen LogP contribution is -2.30. The molecular formula is C19H18BrFN2O. The Kier molecular flexibility index (Phi) is 4.71. The summed E-state index contributed by atoms with van der Waals surface area (Å²) in [5, 5.41) is 0.915. The monoisotopic (exact) mass is 388 g/mol. The summed E-state index contributed by atoms with van der Waals surface area (Å²) in [6.45, 7) is 2.65. The molecule has 3 nitrogen and oxygen atoms in total. The maximum absolute atomic E-state index is 14.0. The molecule has 0 spiro atoms. The third-order valence-corrected chi connectivity index (χ3v) is 4.66. The van der Waals surface area contributed by atoms with Crippen molar-refractivity contribution >= 4 is 32.7 Å². The van der Waals surface area contributed by atoms with E-state index in [1.165, 1.54) is 6.07 Å². The third-order valence-electron chi connectivity index (χ3n) is 4.17. The van der Waals surface area contributed by atoms with Crippen LogP contribution in [0.5, 0.6) is 0 Å². The molecule has 0 atom stereocenters. The number of rotatable bonds is 4. The van der Waals surface area contributed by atoms with Gasteiger partial charge in [-0.1, -0.05) is 34.1 Å². The Hall–Kier alpha value is -2.14. The minimum absolute atomic E-state index is 0.0892. The van der Waals surface area contributed by atoms with E-state index in [1.807, 2.05) is 49.0 Å². The van der Waals surface area contributed by atoms with E-state index in [0.717, 1.165) is 15.4 Å². The summed E-state index contributed by atoms with van der Waals surface area (Å²) in [7, 11) is 1.92. The van der Waals surface area contributed by atoms with Gasteiger partial charge in [0.05, 0.1) is 5.56 Å². The molecule has 3 aromatic rings. The highest BCUT2D eigenvalue weighted by atomic mass is 79.9. The lowest BCUT2D eigenvalue weighted by Gasteiger charge is -2.21. The normalized spacial score (nSPS) is 11.0. The van der Waals surface area contributed by atoms with Gasteiger partial charge in [0.2, 0.25) is 0 Å². The van der Waals surface area contributed by atoms with Crippen LogP contribution in [-0.2, 0) is 13.6 Å². The number of aryl methyl sites for hydroxylation is 1. The number of nitrogens with zero attached hydrogens (tertiary/aromatic N) is 2. The topological polar surface area (TPSA) is 25.2 Å². The van der Waals surface area contributed by atoms with Crippen molar-refractivity contribution in [2.24, 2.45) is 7.05 Å². The van der Waals surface area contributed by atoms with Gasteiger partial charge in [0.1, 0.15) is 5.82 Å². The molecule has 0 unspecified atom stereocenters. The molecule has 0 bridgehead atoms. The van der Waals surface area contributed by atoms with Crippen LogP contribution in [0.3, 0.4) is 0 Å². The summed E-state index contributed by atoms with van der Waals surface area (Å²) < 4.78 is 16.8. The fraction of sp³-hybridized carbons (Fsp3) is 0.211. The van der Waals surface area contributed by atoms with Gasteiger partial charge < -0.3 is 9.47 Å². The van der Waals surface area contributed by atoms with Crippen LogP contribution in [0.25, 0.3) is 10.9 Å². The zero-order valence-electron chi connectivity index (χ0n) is 13.6. The zero-order valence-corrected chi connectivity index (χ0v) is 15.2. The highest BCUT2D eigenvalue weighted by molar-refractivity contribution is 9.10. The summed E-state index contributed by atoms with van der Waals surface area (Å²) in [6.07, 6.45) is 1.84. The first-order valence-corrected chi connectivity index (χ1v) is 8.57. The van der Waals surface area contributed by atoms with E-state index in [1.54, 1.807) is 17.0 Å². The molecule has 3 rings (SSSR count). The van der Waals surface area contributed by atoms with Gasteiger partial charge in [0.15, 0.2) is 0 Å². The van der Waals surface area contributed by atoms with E-state index in [4.69, 9.17) is 0 Å².